The van der Waals surface area contributed by atoms with Gasteiger partial charge in [0.05, 0.1) is 6.54 Å². The third-order valence-corrected chi connectivity index (χ3v) is 6.02. The first-order valence-corrected chi connectivity index (χ1v) is 10.0. The molecular weight excluding hydrogens is 417 g/mol. The van der Waals surface area contributed by atoms with Gasteiger partial charge in [-0.2, -0.15) is 0 Å². The van der Waals surface area contributed by atoms with E-state index >= 15 is 0 Å². The molecule has 0 saturated carbocycles. The number of aryl methyl sites for hydroxylation is 1. The maximum absolute atomic E-state index is 12.7. The van der Waals surface area contributed by atoms with Crippen LogP contribution in [0.4, 0.5) is 5.82 Å². The first kappa shape index (κ1) is 23.9. The maximum Gasteiger partial charge on any atom is 0.239 e. The predicted molar refractivity (Wildman–Crippen MR) is 115 cm³/mol. The van der Waals surface area contributed by atoms with Crippen molar-refractivity contribution in [2.45, 2.75) is 51.1 Å². The number of aromatic nitrogens is 1. The molecule has 4 rings (SSSR count). The van der Waals surface area contributed by atoms with E-state index in [-0.39, 0.29) is 36.6 Å². The van der Waals surface area contributed by atoms with Gasteiger partial charge in [0.2, 0.25) is 11.8 Å². The molecule has 2 N–H and O–H groups in total. The van der Waals surface area contributed by atoms with E-state index in [1.54, 1.807) is 13.0 Å². The van der Waals surface area contributed by atoms with Gasteiger partial charge in [-0.25, -0.2) is 0 Å². The average Bonchev–Trinajstić information content (AvgIpc) is 3.20. The zero-order valence-electron chi connectivity index (χ0n) is 16.8. The normalized spacial score (nSPS) is 26.4. The highest BCUT2D eigenvalue weighted by Crippen LogP contribution is 2.33. The highest BCUT2D eigenvalue weighted by Gasteiger charge is 2.35. The largest absolute Gasteiger partial charge is 0.360 e. The first-order chi connectivity index (χ1) is 13.0. The summed E-state index contributed by atoms with van der Waals surface area (Å²) in [5.41, 5.74) is 0. The van der Waals surface area contributed by atoms with Crippen LogP contribution in [0.1, 0.15) is 37.9 Å². The fourth-order valence-corrected chi connectivity index (χ4v) is 4.68. The summed E-state index contributed by atoms with van der Waals surface area (Å²) in [5, 5.41) is 10.1. The van der Waals surface area contributed by atoms with E-state index in [9.17, 15) is 9.59 Å². The fraction of sp³-hybridized carbons (Fsp3) is 0.737. The van der Waals surface area contributed by atoms with Crippen LogP contribution in [0.2, 0.25) is 0 Å². The van der Waals surface area contributed by atoms with Crippen LogP contribution in [0.25, 0.3) is 0 Å². The van der Waals surface area contributed by atoms with Gasteiger partial charge < -0.3 is 20.1 Å². The molecule has 0 aliphatic carbocycles. The highest BCUT2D eigenvalue weighted by molar-refractivity contribution is 5.91. The van der Waals surface area contributed by atoms with Gasteiger partial charge in [0.1, 0.15) is 5.76 Å². The Hall–Kier alpha value is -1.35. The van der Waals surface area contributed by atoms with E-state index in [1.165, 1.54) is 12.8 Å². The minimum atomic E-state index is -0.103. The SMILES string of the molecule is Cc1cc(NC(=O)CN2CCN(C(=O)CC3CC4CCC(C3)N4)CC2)no1.Cl.Cl. The number of carbonyl (C=O) groups excluding carboxylic acids is 2. The minimum Gasteiger partial charge on any atom is -0.360 e. The monoisotopic (exact) mass is 447 g/mol. The Labute approximate surface area is 183 Å². The number of fused-ring (bicyclic) bond motifs is 2. The van der Waals surface area contributed by atoms with Gasteiger partial charge in [0.25, 0.3) is 0 Å². The Bertz CT molecular complexity index is 681. The summed E-state index contributed by atoms with van der Waals surface area (Å²) in [4.78, 5) is 28.8. The third-order valence-electron chi connectivity index (χ3n) is 6.02. The maximum atomic E-state index is 12.7. The van der Waals surface area contributed by atoms with Crippen molar-refractivity contribution in [3.63, 3.8) is 0 Å². The molecule has 10 heteroatoms. The molecule has 164 valence electrons. The van der Waals surface area contributed by atoms with E-state index in [1.807, 2.05) is 4.90 Å². The molecule has 1 aromatic heterocycles. The summed E-state index contributed by atoms with van der Waals surface area (Å²) in [5.74, 6) is 1.82. The molecule has 1 aromatic rings. The highest BCUT2D eigenvalue weighted by atomic mass is 35.5. The predicted octanol–water partition coefficient (Wildman–Crippen LogP) is 1.83. The number of amides is 2. The molecule has 8 nitrogen and oxygen atoms in total. The smallest absolute Gasteiger partial charge is 0.239 e. The fourth-order valence-electron chi connectivity index (χ4n) is 4.68. The Morgan fingerprint density at radius 1 is 1.17 bits per heavy atom. The van der Waals surface area contributed by atoms with Crippen LogP contribution in [-0.2, 0) is 9.59 Å². The van der Waals surface area contributed by atoms with Crippen molar-refractivity contribution >= 4 is 42.4 Å². The number of anilines is 1. The van der Waals surface area contributed by atoms with Crippen molar-refractivity contribution in [1.29, 1.82) is 0 Å². The summed E-state index contributed by atoms with van der Waals surface area (Å²) in [6.07, 6.45) is 5.50. The summed E-state index contributed by atoms with van der Waals surface area (Å²) in [7, 11) is 0. The van der Waals surface area contributed by atoms with E-state index in [2.05, 4.69) is 20.7 Å². The van der Waals surface area contributed by atoms with Crippen LogP contribution in [-0.4, -0.2) is 71.6 Å². The van der Waals surface area contributed by atoms with Crippen molar-refractivity contribution < 1.29 is 14.1 Å². The van der Waals surface area contributed by atoms with E-state index in [4.69, 9.17) is 4.52 Å². The molecule has 3 aliphatic rings. The van der Waals surface area contributed by atoms with Gasteiger partial charge in [0.15, 0.2) is 5.82 Å². The molecule has 29 heavy (non-hydrogen) atoms. The number of nitrogens with one attached hydrogen (secondary N) is 2. The molecule has 3 fully saturated rings. The molecule has 2 bridgehead atoms. The van der Waals surface area contributed by atoms with Gasteiger partial charge >= 0.3 is 0 Å². The summed E-state index contributed by atoms with van der Waals surface area (Å²) in [6.45, 7) is 4.96. The molecule has 0 radical (unpaired) electrons. The van der Waals surface area contributed by atoms with Crippen molar-refractivity contribution in [3.05, 3.63) is 11.8 Å². The Kier molecular flexibility index (Phi) is 8.75. The number of piperazine rings is 1. The number of piperidine rings is 1. The van der Waals surface area contributed by atoms with E-state index in [0.29, 0.717) is 55.6 Å². The van der Waals surface area contributed by atoms with Crippen LogP contribution in [0.3, 0.4) is 0 Å². The third kappa shape index (κ3) is 6.31. The minimum absolute atomic E-state index is 0. The molecule has 2 amide bonds. The van der Waals surface area contributed by atoms with Gasteiger partial charge in [-0.15, -0.1) is 24.8 Å². The van der Waals surface area contributed by atoms with Gasteiger partial charge in [-0.1, -0.05) is 5.16 Å². The zero-order valence-corrected chi connectivity index (χ0v) is 18.4. The summed E-state index contributed by atoms with van der Waals surface area (Å²) >= 11 is 0. The topological polar surface area (TPSA) is 90.7 Å². The van der Waals surface area contributed by atoms with Crippen LogP contribution in [0.5, 0.6) is 0 Å². The average molecular weight is 448 g/mol. The second-order valence-electron chi connectivity index (χ2n) is 8.21. The summed E-state index contributed by atoms with van der Waals surface area (Å²) in [6, 6.07) is 2.96. The number of carbonyl (C=O) groups is 2. The molecule has 2 unspecified atom stereocenters. The lowest BCUT2D eigenvalue weighted by atomic mass is 9.89. The van der Waals surface area contributed by atoms with Gasteiger partial charge in [-0.3, -0.25) is 14.5 Å². The molecule has 0 aromatic carbocycles. The molecule has 3 saturated heterocycles. The lowest BCUT2D eigenvalue weighted by Gasteiger charge is -2.36. The second kappa shape index (κ2) is 10.6. The molecule has 2 atom stereocenters. The molecule has 3 aliphatic heterocycles. The van der Waals surface area contributed by atoms with Crippen molar-refractivity contribution in [1.82, 2.24) is 20.3 Å². The van der Waals surface area contributed by atoms with Crippen LogP contribution >= 0.6 is 24.8 Å². The number of hydrogen-bond donors (Lipinski definition) is 2. The summed E-state index contributed by atoms with van der Waals surface area (Å²) < 4.78 is 4.95. The van der Waals surface area contributed by atoms with Gasteiger partial charge in [0, 0.05) is 50.7 Å². The first-order valence-electron chi connectivity index (χ1n) is 10.0. The van der Waals surface area contributed by atoms with Crippen LogP contribution in [0.15, 0.2) is 10.6 Å². The standard InChI is InChI=1S/C19H29N5O3.2ClH/c1-13-8-17(22-27-13)21-18(25)12-23-4-6-24(7-5-23)19(26)11-14-9-15-2-3-16(10-14)20-15;;/h8,14-16,20H,2-7,9-12H2,1H3,(H,21,22,25);2*1H. The van der Waals surface area contributed by atoms with Crippen molar-refractivity contribution in [2.75, 3.05) is 38.0 Å². The van der Waals surface area contributed by atoms with E-state index < -0.39 is 0 Å². The van der Waals surface area contributed by atoms with Gasteiger partial charge in [-0.05, 0) is 38.5 Å². The number of rotatable bonds is 5. The number of hydrogen-bond acceptors (Lipinski definition) is 6. The second-order valence-corrected chi connectivity index (χ2v) is 8.21. The van der Waals surface area contributed by atoms with Crippen LogP contribution in [0, 0.1) is 12.8 Å². The Morgan fingerprint density at radius 3 is 2.41 bits per heavy atom. The Morgan fingerprint density at radius 2 is 1.83 bits per heavy atom. The lowest BCUT2D eigenvalue weighted by molar-refractivity contribution is -0.134. The zero-order chi connectivity index (χ0) is 18.8. The quantitative estimate of drug-likeness (QED) is 0.715. The lowest BCUT2D eigenvalue weighted by Crippen LogP contribution is -2.51. The van der Waals surface area contributed by atoms with E-state index in [0.717, 1.165) is 25.9 Å². The van der Waals surface area contributed by atoms with Crippen molar-refractivity contribution in [2.24, 2.45) is 5.92 Å². The molecule has 4 heterocycles. The molecule has 0 spiro atoms. The van der Waals surface area contributed by atoms with Crippen LogP contribution < -0.4 is 10.6 Å². The Balaban J connectivity index is 0.00000150. The number of halogens is 2. The molecular formula is C19H31Cl2N5O3. The number of nitrogens with zero attached hydrogens (tertiary/aromatic N) is 3. The van der Waals surface area contributed by atoms with Crippen molar-refractivity contribution in [3.8, 4) is 0 Å².